The van der Waals surface area contributed by atoms with Crippen LogP contribution in [-0.4, -0.2) is 30.6 Å². The molecule has 0 spiro atoms. The van der Waals surface area contributed by atoms with Gasteiger partial charge in [-0.1, -0.05) is 32.0 Å². The molecule has 0 saturated carbocycles. The van der Waals surface area contributed by atoms with E-state index in [9.17, 15) is 0 Å². The van der Waals surface area contributed by atoms with Gasteiger partial charge in [0.1, 0.15) is 0 Å². The monoisotopic (exact) mass is 258 g/mol. The molecular weight excluding hydrogens is 232 g/mol. The van der Waals surface area contributed by atoms with Crippen LogP contribution in [0.5, 0.6) is 0 Å². The third kappa shape index (κ3) is 2.94. The Morgan fingerprint density at radius 1 is 1.16 bits per heavy atom. The number of benzene rings is 1. The predicted molar refractivity (Wildman–Crippen MR) is 81.6 cm³/mol. The molecule has 2 aliphatic heterocycles. The number of nitrogens with one attached hydrogen (secondary N) is 1. The molecule has 0 radical (unpaired) electrons. The van der Waals surface area contributed by atoms with Crippen LogP contribution < -0.4 is 5.32 Å². The van der Waals surface area contributed by atoms with Crippen LogP contribution in [0.4, 0.5) is 5.69 Å². The van der Waals surface area contributed by atoms with Crippen LogP contribution in [0, 0.1) is 5.41 Å². The van der Waals surface area contributed by atoms with E-state index < -0.39 is 0 Å². The first-order chi connectivity index (χ1) is 9.14. The van der Waals surface area contributed by atoms with E-state index in [1.54, 1.807) is 0 Å². The Hall–Kier alpha value is -1.02. The van der Waals surface area contributed by atoms with Gasteiger partial charge < -0.3 is 5.32 Å². The Morgan fingerprint density at radius 3 is 2.68 bits per heavy atom. The highest BCUT2D eigenvalue weighted by Gasteiger charge is 2.29. The van der Waals surface area contributed by atoms with Crippen LogP contribution in [0.3, 0.4) is 0 Å². The van der Waals surface area contributed by atoms with Crippen LogP contribution in [0.15, 0.2) is 24.3 Å². The minimum Gasteiger partial charge on any atom is -0.383 e. The third-order valence-electron chi connectivity index (χ3n) is 4.96. The van der Waals surface area contributed by atoms with Gasteiger partial charge in [-0.15, -0.1) is 0 Å². The van der Waals surface area contributed by atoms with Crippen molar-refractivity contribution in [2.24, 2.45) is 5.41 Å². The van der Waals surface area contributed by atoms with E-state index in [2.05, 4.69) is 48.3 Å². The number of aryl methyl sites for hydroxylation is 1. The zero-order valence-electron chi connectivity index (χ0n) is 12.3. The Morgan fingerprint density at radius 2 is 1.89 bits per heavy atom. The second kappa shape index (κ2) is 5.16. The van der Waals surface area contributed by atoms with E-state index in [0.29, 0.717) is 11.5 Å². The summed E-state index contributed by atoms with van der Waals surface area (Å²) in [5, 5.41) is 3.65. The number of rotatable bonds is 1. The Balaban J connectivity index is 1.63. The summed E-state index contributed by atoms with van der Waals surface area (Å²) in [5.74, 6) is 0. The maximum atomic E-state index is 3.65. The van der Waals surface area contributed by atoms with Crippen molar-refractivity contribution in [2.45, 2.75) is 45.6 Å². The van der Waals surface area contributed by atoms with Gasteiger partial charge >= 0.3 is 0 Å². The molecule has 2 heteroatoms. The molecule has 19 heavy (non-hydrogen) atoms. The molecule has 1 saturated heterocycles. The van der Waals surface area contributed by atoms with Gasteiger partial charge in [0.25, 0.3) is 0 Å². The summed E-state index contributed by atoms with van der Waals surface area (Å²) in [4.78, 5) is 2.71. The normalized spacial score (nSPS) is 27.2. The molecule has 1 fully saturated rings. The van der Waals surface area contributed by atoms with Crippen molar-refractivity contribution in [2.75, 3.05) is 25.0 Å². The summed E-state index contributed by atoms with van der Waals surface area (Å²) < 4.78 is 0. The lowest BCUT2D eigenvalue weighted by atomic mass is 9.82. The van der Waals surface area contributed by atoms with Crippen LogP contribution in [0.2, 0.25) is 0 Å². The summed E-state index contributed by atoms with van der Waals surface area (Å²) in [6, 6.07) is 9.49. The fourth-order valence-electron chi connectivity index (χ4n) is 3.37. The van der Waals surface area contributed by atoms with Gasteiger partial charge in [-0.3, -0.25) is 4.90 Å². The molecule has 0 bridgehead atoms. The molecule has 2 nitrogen and oxygen atoms in total. The van der Waals surface area contributed by atoms with Gasteiger partial charge in [0.05, 0.1) is 0 Å². The number of fused-ring (bicyclic) bond motifs is 1. The van der Waals surface area contributed by atoms with Gasteiger partial charge in [-0.25, -0.2) is 0 Å². The van der Waals surface area contributed by atoms with Crippen molar-refractivity contribution < 1.29 is 0 Å². The summed E-state index contributed by atoms with van der Waals surface area (Å²) in [6.07, 6.45) is 5.20. The van der Waals surface area contributed by atoms with Crippen LogP contribution in [0.1, 0.15) is 38.7 Å². The largest absolute Gasteiger partial charge is 0.383 e. The highest BCUT2D eigenvalue weighted by molar-refractivity contribution is 5.52. The van der Waals surface area contributed by atoms with E-state index in [4.69, 9.17) is 0 Å². The van der Waals surface area contributed by atoms with Gasteiger partial charge in [0, 0.05) is 18.3 Å². The topological polar surface area (TPSA) is 15.3 Å². The molecule has 104 valence electrons. The summed E-state index contributed by atoms with van der Waals surface area (Å²) in [6.45, 7) is 8.47. The molecule has 1 N–H and O–H groups in total. The number of hydrogen-bond donors (Lipinski definition) is 1. The number of nitrogens with zero attached hydrogens (tertiary/aromatic N) is 1. The van der Waals surface area contributed by atoms with Crippen molar-refractivity contribution in [1.29, 1.82) is 0 Å². The molecule has 3 rings (SSSR count). The first-order valence-corrected chi connectivity index (χ1v) is 7.70. The van der Waals surface area contributed by atoms with E-state index in [-0.39, 0.29) is 0 Å². The molecule has 1 aromatic rings. The second-order valence-corrected chi connectivity index (χ2v) is 6.93. The Bertz CT molecular complexity index is 402. The van der Waals surface area contributed by atoms with Crippen molar-refractivity contribution >= 4 is 5.69 Å². The highest BCUT2D eigenvalue weighted by Crippen LogP contribution is 2.32. The quantitative estimate of drug-likeness (QED) is 0.829. The third-order valence-corrected chi connectivity index (χ3v) is 4.96. The van der Waals surface area contributed by atoms with E-state index >= 15 is 0 Å². The average molecular weight is 258 g/mol. The minimum absolute atomic E-state index is 0.553. The lowest BCUT2D eigenvalue weighted by molar-refractivity contribution is 0.0951. The lowest BCUT2D eigenvalue weighted by Crippen LogP contribution is -2.46. The highest BCUT2D eigenvalue weighted by atomic mass is 15.2. The lowest BCUT2D eigenvalue weighted by Gasteiger charge is -2.40. The molecular formula is C17H26N2. The molecule has 0 aliphatic carbocycles. The van der Waals surface area contributed by atoms with Crippen molar-refractivity contribution in [3.05, 3.63) is 29.8 Å². The van der Waals surface area contributed by atoms with Gasteiger partial charge in [0.2, 0.25) is 0 Å². The standard InChI is InChI=1S/C17H26N2/c1-17(2)9-11-19(12-10-17)15-8-7-14-5-3-4-6-16(14)18-13-15/h3-6,15,18H,7-13H2,1-2H3. The van der Waals surface area contributed by atoms with Gasteiger partial charge in [-0.2, -0.15) is 0 Å². The Labute approximate surface area is 117 Å². The van der Waals surface area contributed by atoms with Gasteiger partial charge in [-0.05, 0) is 55.8 Å². The maximum absolute atomic E-state index is 3.65. The minimum atomic E-state index is 0.553. The smallest absolute Gasteiger partial charge is 0.0373 e. The molecule has 2 heterocycles. The fourth-order valence-corrected chi connectivity index (χ4v) is 3.37. The van der Waals surface area contributed by atoms with E-state index in [0.717, 1.165) is 6.54 Å². The molecule has 1 aromatic carbocycles. The number of hydrogen-bond acceptors (Lipinski definition) is 2. The van der Waals surface area contributed by atoms with Crippen LogP contribution >= 0.6 is 0 Å². The molecule has 2 aliphatic rings. The molecule has 0 aromatic heterocycles. The van der Waals surface area contributed by atoms with Crippen molar-refractivity contribution in [1.82, 2.24) is 4.90 Å². The summed E-state index contributed by atoms with van der Waals surface area (Å²) >= 11 is 0. The average Bonchev–Trinajstić information content (AvgIpc) is 2.62. The fraction of sp³-hybridized carbons (Fsp3) is 0.647. The molecule has 1 unspecified atom stereocenters. The van der Waals surface area contributed by atoms with Crippen molar-refractivity contribution in [3.63, 3.8) is 0 Å². The predicted octanol–water partition coefficient (Wildman–Crippen LogP) is 3.54. The number of likely N-dealkylation sites (tertiary alicyclic amines) is 1. The van der Waals surface area contributed by atoms with Crippen LogP contribution in [-0.2, 0) is 6.42 Å². The number of para-hydroxylation sites is 1. The Kier molecular flexibility index (Phi) is 3.53. The van der Waals surface area contributed by atoms with E-state index in [1.807, 2.05) is 0 Å². The maximum Gasteiger partial charge on any atom is 0.0373 e. The second-order valence-electron chi connectivity index (χ2n) is 6.93. The first kappa shape index (κ1) is 13.0. The number of anilines is 1. The zero-order valence-corrected chi connectivity index (χ0v) is 12.3. The summed E-state index contributed by atoms with van der Waals surface area (Å²) in [5.41, 5.74) is 3.39. The molecule has 0 amide bonds. The SMILES string of the molecule is CC1(C)CCN(C2CCc3ccccc3NC2)CC1. The van der Waals surface area contributed by atoms with Crippen LogP contribution in [0.25, 0.3) is 0 Å². The number of piperidine rings is 1. The van der Waals surface area contributed by atoms with Gasteiger partial charge in [0.15, 0.2) is 0 Å². The first-order valence-electron chi connectivity index (χ1n) is 7.70. The van der Waals surface area contributed by atoms with E-state index in [1.165, 1.54) is 50.0 Å². The summed E-state index contributed by atoms with van der Waals surface area (Å²) in [7, 11) is 0. The van der Waals surface area contributed by atoms with Crippen molar-refractivity contribution in [3.8, 4) is 0 Å². The molecule has 1 atom stereocenters. The zero-order chi connectivity index (χ0) is 13.3.